The van der Waals surface area contributed by atoms with E-state index in [1.807, 2.05) is 56.4 Å². The van der Waals surface area contributed by atoms with Gasteiger partial charge in [0.25, 0.3) is 0 Å². The summed E-state index contributed by atoms with van der Waals surface area (Å²) in [5.74, 6) is 0.895. The Labute approximate surface area is 108 Å². The van der Waals surface area contributed by atoms with E-state index in [1.54, 1.807) is 0 Å². The van der Waals surface area contributed by atoms with Gasteiger partial charge in [-0.25, -0.2) is 0 Å². The second-order valence-electron chi connectivity index (χ2n) is 3.91. The van der Waals surface area contributed by atoms with Gasteiger partial charge in [0.05, 0.1) is 6.61 Å². The minimum Gasteiger partial charge on any atom is -0.494 e. The third kappa shape index (κ3) is 3.17. The third-order valence-corrected chi connectivity index (χ3v) is 2.61. The Morgan fingerprint density at radius 3 is 2.33 bits per heavy atom. The van der Waals surface area contributed by atoms with Gasteiger partial charge in [0, 0.05) is 24.1 Å². The van der Waals surface area contributed by atoms with Gasteiger partial charge in [-0.1, -0.05) is 6.07 Å². The number of rotatable bonds is 5. The van der Waals surface area contributed by atoms with E-state index in [1.165, 1.54) is 0 Å². The molecule has 3 heteroatoms. The van der Waals surface area contributed by atoms with E-state index in [9.17, 15) is 0 Å². The highest BCUT2D eigenvalue weighted by atomic mass is 16.5. The van der Waals surface area contributed by atoms with Crippen molar-refractivity contribution in [2.45, 2.75) is 6.92 Å². The summed E-state index contributed by atoms with van der Waals surface area (Å²) in [5, 5.41) is 6.47. The topological polar surface area (TPSA) is 33.3 Å². The van der Waals surface area contributed by atoms with Gasteiger partial charge in [-0.3, -0.25) is 0 Å². The van der Waals surface area contributed by atoms with Crippen LogP contribution in [0, 0.1) is 0 Å². The Morgan fingerprint density at radius 1 is 0.944 bits per heavy atom. The smallest absolute Gasteiger partial charge is 0.119 e. The normalized spacial score (nSPS) is 9.89. The Balaban J connectivity index is 2.08. The Hall–Kier alpha value is -2.16. The standard InChI is InChI=1S/C15H18N2O/c1-3-18-15-9-7-12(8-10-15)17-14-6-4-5-13(11-14)16-2/h4-11,16-17H,3H2,1-2H3. The van der Waals surface area contributed by atoms with Crippen LogP contribution < -0.4 is 15.4 Å². The third-order valence-electron chi connectivity index (χ3n) is 2.61. The molecule has 2 aromatic rings. The zero-order chi connectivity index (χ0) is 12.8. The molecule has 94 valence electrons. The number of anilines is 3. The summed E-state index contributed by atoms with van der Waals surface area (Å²) >= 11 is 0. The van der Waals surface area contributed by atoms with Gasteiger partial charge in [-0.05, 0) is 49.4 Å². The maximum atomic E-state index is 5.41. The molecule has 0 saturated carbocycles. The fourth-order valence-electron chi connectivity index (χ4n) is 1.72. The molecule has 0 heterocycles. The predicted molar refractivity (Wildman–Crippen MR) is 76.9 cm³/mol. The van der Waals surface area contributed by atoms with Crippen molar-refractivity contribution in [1.29, 1.82) is 0 Å². The molecule has 3 nitrogen and oxygen atoms in total. The van der Waals surface area contributed by atoms with Crippen LogP contribution in [0.1, 0.15) is 6.92 Å². The van der Waals surface area contributed by atoms with Crippen LogP contribution in [0.15, 0.2) is 48.5 Å². The Kier molecular flexibility index (Phi) is 4.07. The van der Waals surface area contributed by atoms with Crippen molar-refractivity contribution in [1.82, 2.24) is 0 Å². The van der Waals surface area contributed by atoms with E-state index in [2.05, 4.69) is 16.7 Å². The van der Waals surface area contributed by atoms with Crippen LogP contribution in [0.5, 0.6) is 5.75 Å². The molecule has 0 amide bonds. The van der Waals surface area contributed by atoms with Crippen molar-refractivity contribution < 1.29 is 4.74 Å². The zero-order valence-corrected chi connectivity index (χ0v) is 10.7. The molecular weight excluding hydrogens is 224 g/mol. The molecule has 0 saturated heterocycles. The quantitative estimate of drug-likeness (QED) is 0.835. The minimum absolute atomic E-state index is 0.691. The lowest BCUT2D eigenvalue weighted by atomic mass is 10.2. The molecule has 18 heavy (non-hydrogen) atoms. The van der Waals surface area contributed by atoms with Crippen LogP contribution in [0.25, 0.3) is 0 Å². The summed E-state index contributed by atoms with van der Waals surface area (Å²) in [6.07, 6.45) is 0. The van der Waals surface area contributed by atoms with Gasteiger partial charge in [0.15, 0.2) is 0 Å². The maximum Gasteiger partial charge on any atom is 0.119 e. The molecule has 0 fully saturated rings. The SMILES string of the molecule is CCOc1ccc(Nc2cccc(NC)c2)cc1. The van der Waals surface area contributed by atoms with Gasteiger partial charge in [-0.2, -0.15) is 0 Å². The second kappa shape index (κ2) is 5.96. The molecule has 0 aliphatic rings. The van der Waals surface area contributed by atoms with E-state index in [4.69, 9.17) is 4.74 Å². The highest BCUT2D eigenvalue weighted by molar-refractivity contribution is 5.64. The average Bonchev–Trinajstić information content (AvgIpc) is 2.42. The summed E-state index contributed by atoms with van der Waals surface area (Å²) < 4.78 is 5.41. The van der Waals surface area contributed by atoms with Crippen molar-refractivity contribution in [3.05, 3.63) is 48.5 Å². The highest BCUT2D eigenvalue weighted by Gasteiger charge is 1.97. The van der Waals surface area contributed by atoms with Crippen LogP contribution in [-0.4, -0.2) is 13.7 Å². The summed E-state index contributed by atoms with van der Waals surface area (Å²) in [4.78, 5) is 0. The van der Waals surface area contributed by atoms with Crippen LogP contribution in [0.4, 0.5) is 17.1 Å². The van der Waals surface area contributed by atoms with Gasteiger partial charge >= 0.3 is 0 Å². The summed E-state index contributed by atoms with van der Waals surface area (Å²) in [6, 6.07) is 16.1. The van der Waals surface area contributed by atoms with Crippen LogP contribution in [-0.2, 0) is 0 Å². The molecule has 0 spiro atoms. The number of hydrogen-bond acceptors (Lipinski definition) is 3. The molecule has 2 N–H and O–H groups in total. The first-order chi connectivity index (χ1) is 8.81. The molecular formula is C15H18N2O. The molecule has 2 aromatic carbocycles. The van der Waals surface area contributed by atoms with Crippen LogP contribution in [0.2, 0.25) is 0 Å². The molecule has 0 aromatic heterocycles. The Morgan fingerprint density at radius 2 is 1.67 bits per heavy atom. The lowest BCUT2D eigenvalue weighted by molar-refractivity contribution is 0.340. The van der Waals surface area contributed by atoms with Gasteiger partial charge in [0.1, 0.15) is 5.75 Å². The molecule has 0 atom stereocenters. The van der Waals surface area contributed by atoms with Crippen molar-refractivity contribution in [3.63, 3.8) is 0 Å². The van der Waals surface area contributed by atoms with Crippen molar-refractivity contribution >= 4 is 17.1 Å². The van der Waals surface area contributed by atoms with Crippen molar-refractivity contribution in [2.24, 2.45) is 0 Å². The van der Waals surface area contributed by atoms with Gasteiger partial charge < -0.3 is 15.4 Å². The molecule has 2 rings (SSSR count). The number of hydrogen-bond donors (Lipinski definition) is 2. The van der Waals surface area contributed by atoms with E-state index in [-0.39, 0.29) is 0 Å². The number of ether oxygens (including phenoxy) is 1. The van der Waals surface area contributed by atoms with E-state index < -0.39 is 0 Å². The molecule has 0 bridgehead atoms. The van der Waals surface area contributed by atoms with Gasteiger partial charge in [-0.15, -0.1) is 0 Å². The minimum atomic E-state index is 0.691. The summed E-state index contributed by atoms with van der Waals surface area (Å²) in [5.41, 5.74) is 3.20. The Bertz CT molecular complexity index is 494. The first kappa shape index (κ1) is 12.3. The maximum absolute atomic E-state index is 5.41. The van der Waals surface area contributed by atoms with Crippen LogP contribution >= 0.6 is 0 Å². The predicted octanol–water partition coefficient (Wildman–Crippen LogP) is 3.87. The molecule has 0 radical (unpaired) electrons. The average molecular weight is 242 g/mol. The second-order valence-corrected chi connectivity index (χ2v) is 3.91. The number of benzene rings is 2. The molecule has 0 unspecified atom stereocenters. The van der Waals surface area contributed by atoms with Crippen LogP contribution in [0.3, 0.4) is 0 Å². The lowest BCUT2D eigenvalue weighted by Crippen LogP contribution is -1.94. The van der Waals surface area contributed by atoms with Crippen molar-refractivity contribution in [3.8, 4) is 5.75 Å². The molecule has 0 aliphatic heterocycles. The lowest BCUT2D eigenvalue weighted by Gasteiger charge is -2.09. The first-order valence-electron chi connectivity index (χ1n) is 6.09. The van der Waals surface area contributed by atoms with Gasteiger partial charge in [0.2, 0.25) is 0 Å². The summed E-state index contributed by atoms with van der Waals surface area (Å²) in [6.45, 7) is 2.67. The fourth-order valence-corrected chi connectivity index (χ4v) is 1.72. The summed E-state index contributed by atoms with van der Waals surface area (Å²) in [7, 11) is 1.91. The monoisotopic (exact) mass is 242 g/mol. The highest BCUT2D eigenvalue weighted by Crippen LogP contribution is 2.22. The van der Waals surface area contributed by atoms with E-state index in [0.29, 0.717) is 6.61 Å². The largest absolute Gasteiger partial charge is 0.494 e. The number of nitrogens with one attached hydrogen (secondary N) is 2. The zero-order valence-electron chi connectivity index (χ0n) is 10.7. The molecule has 0 aliphatic carbocycles. The fraction of sp³-hybridized carbons (Fsp3) is 0.200. The first-order valence-corrected chi connectivity index (χ1v) is 6.09. The van der Waals surface area contributed by atoms with E-state index in [0.717, 1.165) is 22.8 Å². The van der Waals surface area contributed by atoms with Crippen molar-refractivity contribution in [2.75, 3.05) is 24.3 Å². The van der Waals surface area contributed by atoms with E-state index >= 15 is 0 Å².